The van der Waals surface area contributed by atoms with Gasteiger partial charge in [0.25, 0.3) is 0 Å². The summed E-state index contributed by atoms with van der Waals surface area (Å²) in [6.07, 6.45) is 3.87. The molecule has 0 rings (SSSR count). The van der Waals surface area contributed by atoms with Crippen LogP contribution in [-0.4, -0.2) is 37.5 Å². The molecule has 0 bridgehead atoms. The minimum atomic E-state index is -1.57. The summed E-state index contributed by atoms with van der Waals surface area (Å²) in [6.45, 7) is 7.61. The Kier molecular flexibility index (Phi) is 9.92. The van der Waals surface area contributed by atoms with Crippen LogP contribution in [0.4, 0.5) is 0 Å². The molecule has 0 aromatic carbocycles. The summed E-state index contributed by atoms with van der Waals surface area (Å²) in [5.41, 5.74) is 0. The molecule has 0 atom stereocenters. The second-order valence-corrected chi connectivity index (χ2v) is 3.75. The van der Waals surface area contributed by atoms with E-state index in [1.165, 1.54) is 0 Å². The van der Waals surface area contributed by atoms with E-state index in [0.717, 1.165) is 25.7 Å². The van der Waals surface area contributed by atoms with Crippen molar-refractivity contribution in [2.24, 2.45) is 0 Å². The van der Waals surface area contributed by atoms with Crippen LogP contribution >= 0.6 is 0 Å². The van der Waals surface area contributed by atoms with Crippen LogP contribution in [0.2, 0.25) is 0 Å². The molecule has 0 aliphatic rings. The van der Waals surface area contributed by atoms with Crippen molar-refractivity contribution in [1.82, 2.24) is 0 Å². The zero-order valence-corrected chi connectivity index (χ0v) is 10.8. The molecule has 0 aliphatic carbocycles. The van der Waals surface area contributed by atoms with Crippen LogP contribution in [0.5, 0.6) is 0 Å². The lowest BCUT2D eigenvalue weighted by Gasteiger charge is -2.27. The Morgan fingerprint density at radius 2 is 1.44 bits per heavy atom. The van der Waals surface area contributed by atoms with Gasteiger partial charge >= 0.3 is 5.97 Å². The number of aliphatic hydroxyl groups is 1. The Morgan fingerprint density at radius 1 is 0.938 bits per heavy atom. The molecular weight excluding hydrogens is 208 g/mol. The zero-order valence-electron chi connectivity index (χ0n) is 10.8. The monoisotopic (exact) mass is 234 g/mol. The topological polar surface area (TPSA) is 47.9 Å². The molecular formula is C12H26O4. The van der Waals surface area contributed by atoms with Gasteiger partial charge in [-0.1, -0.05) is 26.7 Å². The van der Waals surface area contributed by atoms with Crippen molar-refractivity contribution < 1.29 is 19.3 Å². The summed E-state index contributed by atoms with van der Waals surface area (Å²) in [7, 11) is 0. The molecule has 98 valence electrons. The number of unbranched alkanes of at least 4 members (excludes halogenated alkanes) is 2. The third-order valence-electron chi connectivity index (χ3n) is 2.14. The van der Waals surface area contributed by atoms with Crippen molar-refractivity contribution in [2.45, 2.75) is 52.4 Å². The van der Waals surface area contributed by atoms with Gasteiger partial charge in [-0.25, -0.2) is 0 Å². The van der Waals surface area contributed by atoms with E-state index in [-0.39, 0.29) is 6.61 Å². The Bertz CT molecular complexity index is 140. The number of ether oxygens (including phenoxy) is 3. The van der Waals surface area contributed by atoms with Crippen molar-refractivity contribution in [1.29, 1.82) is 0 Å². The SMILES string of the molecule is CCCCOC(O)(COCC)OCCCC. The van der Waals surface area contributed by atoms with Crippen LogP contribution in [0, 0.1) is 0 Å². The van der Waals surface area contributed by atoms with Gasteiger partial charge in [0, 0.05) is 6.61 Å². The van der Waals surface area contributed by atoms with Gasteiger partial charge in [0.2, 0.25) is 0 Å². The molecule has 4 nitrogen and oxygen atoms in total. The van der Waals surface area contributed by atoms with Crippen LogP contribution < -0.4 is 0 Å². The largest absolute Gasteiger partial charge is 0.373 e. The highest BCUT2D eigenvalue weighted by Gasteiger charge is 2.29. The first-order valence-corrected chi connectivity index (χ1v) is 6.26. The zero-order chi connectivity index (χ0) is 12.3. The van der Waals surface area contributed by atoms with E-state index in [4.69, 9.17) is 14.2 Å². The van der Waals surface area contributed by atoms with Crippen molar-refractivity contribution in [3.8, 4) is 0 Å². The molecule has 0 aliphatic heterocycles. The summed E-state index contributed by atoms with van der Waals surface area (Å²) < 4.78 is 15.8. The average molecular weight is 234 g/mol. The Hall–Kier alpha value is -0.160. The fraction of sp³-hybridized carbons (Fsp3) is 1.00. The van der Waals surface area contributed by atoms with Gasteiger partial charge in [0.05, 0.1) is 13.2 Å². The molecule has 0 radical (unpaired) electrons. The standard InChI is InChI=1S/C12H26O4/c1-4-7-9-15-12(13,11-14-6-3)16-10-8-5-2/h13H,4-11H2,1-3H3. The van der Waals surface area contributed by atoms with Gasteiger partial charge in [-0.05, 0) is 19.8 Å². The fourth-order valence-electron chi connectivity index (χ4n) is 1.11. The number of rotatable bonds is 11. The second-order valence-electron chi connectivity index (χ2n) is 3.75. The van der Waals surface area contributed by atoms with Crippen molar-refractivity contribution in [3.05, 3.63) is 0 Å². The Balaban J connectivity index is 3.91. The van der Waals surface area contributed by atoms with E-state index < -0.39 is 5.97 Å². The fourth-order valence-corrected chi connectivity index (χ4v) is 1.11. The lowest BCUT2D eigenvalue weighted by Crippen LogP contribution is -2.41. The van der Waals surface area contributed by atoms with Crippen molar-refractivity contribution >= 4 is 0 Å². The lowest BCUT2D eigenvalue weighted by molar-refractivity contribution is -0.376. The van der Waals surface area contributed by atoms with E-state index in [0.29, 0.717) is 19.8 Å². The molecule has 0 aromatic heterocycles. The molecule has 0 amide bonds. The predicted molar refractivity (Wildman–Crippen MR) is 63.2 cm³/mol. The maximum Gasteiger partial charge on any atom is 0.305 e. The predicted octanol–water partition coefficient (Wildman–Crippen LogP) is 2.30. The summed E-state index contributed by atoms with van der Waals surface area (Å²) in [6, 6.07) is 0. The molecule has 0 heterocycles. The van der Waals surface area contributed by atoms with Crippen molar-refractivity contribution in [2.75, 3.05) is 26.4 Å². The maximum atomic E-state index is 10.0. The van der Waals surface area contributed by atoms with E-state index in [1.54, 1.807) is 0 Å². The van der Waals surface area contributed by atoms with Gasteiger partial charge in [-0.3, -0.25) is 0 Å². The summed E-state index contributed by atoms with van der Waals surface area (Å²) in [5, 5.41) is 10.0. The average Bonchev–Trinajstić information content (AvgIpc) is 2.27. The summed E-state index contributed by atoms with van der Waals surface area (Å²) in [4.78, 5) is 0. The summed E-state index contributed by atoms with van der Waals surface area (Å²) >= 11 is 0. The van der Waals surface area contributed by atoms with Gasteiger partial charge in [0.1, 0.15) is 6.61 Å². The van der Waals surface area contributed by atoms with Crippen LogP contribution in [0.1, 0.15) is 46.5 Å². The third kappa shape index (κ3) is 8.05. The van der Waals surface area contributed by atoms with Crippen LogP contribution in [0.3, 0.4) is 0 Å². The van der Waals surface area contributed by atoms with Gasteiger partial charge in [-0.2, -0.15) is 0 Å². The highest BCUT2D eigenvalue weighted by atomic mass is 16.8. The molecule has 0 unspecified atom stereocenters. The van der Waals surface area contributed by atoms with E-state index in [2.05, 4.69) is 13.8 Å². The third-order valence-corrected chi connectivity index (χ3v) is 2.14. The van der Waals surface area contributed by atoms with Crippen LogP contribution in [-0.2, 0) is 14.2 Å². The summed E-state index contributed by atoms with van der Waals surface area (Å²) in [5.74, 6) is -1.57. The molecule has 0 saturated heterocycles. The van der Waals surface area contributed by atoms with E-state index >= 15 is 0 Å². The Morgan fingerprint density at radius 3 is 1.81 bits per heavy atom. The first-order valence-electron chi connectivity index (χ1n) is 6.26. The normalized spacial score (nSPS) is 12.0. The maximum absolute atomic E-state index is 10.0. The quantitative estimate of drug-likeness (QED) is 0.440. The van der Waals surface area contributed by atoms with Crippen molar-refractivity contribution in [3.63, 3.8) is 0 Å². The molecule has 16 heavy (non-hydrogen) atoms. The molecule has 4 heteroatoms. The second kappa shape index (κ2) is 10.0. The molecule has 0 aromatic rings. The molecule has 1 N–H and O–H groups in total. The van der Waals surface area contributed by atoms with Gasteiger partial charge in [0.15, 0.2) is 0 Å². The minimum absolute atomic E-state index is 0.0664. The highest BCUT2D eigenvalue weighted by molar-refractivity contribution is 4.53. The van der Waals surface area contributed by atoms with Crippen LogP contribution in [0.25, 0.3) is 0 Å². The Labute approximate surface area is 98.9 Å². The van der Waals surface area contributed by atoms with Gasteiger partial charge < -0.3 is 19.3 Å². The number of hydrogen-bond acceptors (Lipinski definition) is 4. The van der Waals surface area contributed by atoms with E-state index in [9.17, 15) is 5.11 Å². The lowest BCUT2D eigenvalue weighted by atomic mass is 10.3. The minimum Gasteiger partial charge on any atom is -0.373 e. The highest BCUT2D eigenvalue weighted by Crippen LogP contribution is 2.12. The first-order chi connectivity index (χ1) is 7.68. The number of hydrogen-bond donors (Lipinski definition) is 1. The van der Waals surface area contributed by atoms with E-state index in [1.807, 2.05) is 6.92 Å². The molecule has 0 fully saturated rings. The first kappa shape index (κ1) is 15.8. The smallest absolute Gasteiger partial charge is 0.305 e. The van der Waals surface area contributed by atoms with Gasteiger partial charge in [-0.15, -0.1) is 0 Å². The molecule has 0 spiro atoms. The van der Waals surface area contributed by atoms with Crippen LogP contribution in [0.15, 0.2) is 0 Å². The molecule has 0 saturated carbocycles.